The molecule has 0 aliphatic carbocycles. The maximum Gasteiger partial charge on any atom is 0.238 e. The Morgan fingerprint density at radius 1 is 1.12 bits per heavy atom. The molecule has 0 saturated carbocycles. The van der Waals surface area contributed by atoms with Crippen LogP contribution >= 0.6 is 0 Å². The standard InChI is InChI=1S/C17H17NO5S/c1-3-17(2)16(19)14(12-8-9-22-10-12)15(23-17)11-4-6-13(7-5-11)24(18,20)21/h4-10H,3H2,1-2H3,(H2,18,20,21). The van der Waals surface area contributed by atoms with Crippen LogP contribution in [0.4, 0.5) is 0 Å². The third kappa shape index (κ3) is 2.65. The van der Waals surface area contributed by atoms with Crippen molar-refractivity contribution >= 4 is 27.1 Å². The quantitative estimate of drug-likeness (QED) is 0.916. The number of ether oxygens (including phenoxy) is 1. The van der Waals surface area contributed by atoms with Gasteiger partial charge in [-0.25, -0.2) is 13.6 Å². The monoisotopic (exact) mass is 347 g/mol. The van der Waals surface area contributed by atoms with Gasteiger partial charge in [-0.05, 0) is 43.7 Å². The van der Waals surface area contributed by atoms with Gasteiger partial charge in [0.1, 0.15) is 5.76 Å². The van der Waals surface area contributed by atoms with Crippen molar-refractivity contribution in [2.24, 2.45) is 5.14 Å². The molecule has 0 amide bonds. The molecule has 1 unspecified atom stereocenters. The van der Waals surface area contributed by atoms with E-state index in [4.69, 9.17) is 14.3 Å². The van der Waals surface area contributed by atoms with Gasteiger partial charge in [0.15, 0.2) is 5.60 Å². The maximum atomic E-state index is 12.8. The van der Waals surface area contributed by atoms with E-state index in [2.05, 4.69) is 0 Å². The van der Waals surface area contributed by atoms with Crippen molar-refractivity contribution in [2.75, 3.05) is 0 Å². The highest BCUT2D eigenvalue weighted by atomic mass is 32.2. The van der Waals surface area contributed by atoms with Gasteiger partial charge in [-0.2, -0.15) is 0 Å². The van der Waals surface area contributed by atoms with Crippen LogP contribution in [0.25, 0.3) is 11.3 Å². The minimum absolute atomic E-state index is 0.000659. The second kappa shape index (κ2) is 5.61. The Kier molecular flexibility index (Phi) is 3.85. The summed E-state index contributed by atoms with van der Waals surface area (Å²) in [5.41, 5.74) is 0.698. The number of rotatable bonds is 4. The van der Waals surface area contributed by atoms with E-state index >= 15 is 0 Å². The van der Waals surface area contributed by atoms with Crippen molar-refractivity contribution in [1.82, 2.24) is 0 Å². The van der Waals surface area contributed by atoms with E-state index in [1.165, 1.54) is 24.7 Å². The first kappa shape index (κ1) is 16.5. The minimum atomic E-state index is -3.78. The molecule has 2 aromatic rings. The van der Waals surface area contributed by atoms with E-state index in [0.29, 0.717) is 28.9 Å². The topological polar surface area (TPSA) is 99.6 Å². The molecule has 2 heterocycles. The van der Waals surface area contributed by atoms with Crippen LogP contribution in [0.3, 0.4) is 0 Å². The van der Waals surface area contributed by atoms with Gasteiger partial charge < -0.3 is 9.15 Å². The molecule has 1 aromatic carbocycles. The molecule has 2 N–H and O–H groups in total. The van der Waals surface area contributed by atoms with Gasteiger partial charge in [0.2, 0.25) is 15.8 Å². The van der Waals surface area contributed by atoms with Crippen LogP contribution in [-0.4, -0.2) is 19.8 Å². The van der Waals surface area contributed by atoms with E-state index in [1.807, 2.05) is 6.92 Å². The fourth-order valence-electron chi connectivity index (χ4n) is 2.59. The second-order valence-electron chi connectivity index (χ2n) is 5.80. The first-order chi connectivity index (χ1) is 11.3. The number of nitrogens with two attached hydrogens (primary N) is 1. The Bertz CT molecular complexity index is 910. The van der Waals surface area contributed by atoms with Crippen LogP contribution in [-0.2, 0) is 19.6 Å². The summed E-state index contributed by atoms with van der Waals surface area (Å²) in [6.07, 6.45) is 3.47. The summed E-state index contributed by atoms with van der Waals surface area (Å²) in [4.78, 5) is 12.8. The van der Waals surface area contributed by atoms with Crippen LogP contribution < -0.4 is 5.14 Å². The zero-order chi connectivity index (χ0) is 17.5. The van der Waals surface area contributed by atoms with E-state index < -0.39 is 15.6 Å². The van der Waals surface area contributed by atoms with E-state index in [-0.39, 0.29) is 10.7 Å². The van der Waals surface area contributed by atoms with Crippen molar-refractivity contribution in [3.63, 3.8) is 0 Å². The molecule has 24 heavy (non-hydrogen) atoms. The van der Waals surface area contributed by atoms with E-state index in [0.717, 1.165) is 0 Å². The van der Waals surface area contributed by atoms with Crippen molar-refractivity contribution < 1.29 is 22.4 Å². The zero-order valence-electron chi connectivity index (χ0n) is 13.3. The van der Waals surface area contributed by atoms with E-state index in [9.17, 15) is 13.2 Å². The number of benzene rings is 1. The molecule has 0 bridgehead atoms. The Morgan fingerprint density at radius 2 is 1.79 bits per heavy atom. The predicted octanol–water partition coefficient (Wildman–Crippen LogP) is 2.56. The minimum Gasteiger partial charge on any atom is -0.478 e. The van der Waals surface area contributed by atoms with Crippen LogP contribution in [0.1, 0.15) is 31.4 Å². The molecule has 1 atom stereocenters. The summed E-state index contributed by atoms with van der Waals surface area (Å²) < 4.78 is 33.8. The number of furan rings is 1. The van der Waals surface area contributed by atoms with Gasteiger partial charge in [-0.15, -0.1) is 0 Å². The molecule has 6 nitrogen and oxygen atoms in total. The Labute approximate surface area is 140 Å². The number of carbonyl (C=O) groups is 1. The highest BCUT2D eigenvalue weighted by Gasteiger charge is 2.45. The first-order valence-electron chi connectivity index (χ1n) is 7.40. The second-order valence-corrected chi connectivity index (χ2v) is 7.36. The molecular weight excluding hydrogens is 330 g/mol. The fourth-order valence-corrected chi connectivity index (χ4v) is 3.11. The van der Waals surface area contributed by atoms with Crippen LogP contribution in [0.2, 0.25) is 0 Å². The van der Waals surface area contributed by atoms with Gasteiger partial charge >= 0.3 is 0 Å². The lowest BCUT2D eigenvalue weighted by molar-refractivity contribution is -0.126. The number of primary sulfonamides is 1. The Morgan fingerprint density at radius 3 is 2.29 bits per heavy atom. The number of ketones is 1. The van der Waals surface area contributed by atoms with Gasteiger partial charge in [0, 0.05) is 11.1 Å². The number of Topliss-reactive ketones (excluding diaryl/α,β-unsaturated/α-hetero) is 1. The summed E-state index contributed by atoms with van der Waals surface area (Å²) in [5, 5.41) is 5.11. The third-order valence-electron chi connectivity index (χ3n) is 4.19. The molecule has 1 aliphatic heterocycles. The third-order valence-corrected chi connectivity index (χ3v) is 5.12. The summed E-state index contributed by atoms with van der Waals surface area (Å²) in [7, 11) is -3.78. The molecule has 0 fully saturated rings. The molecule has 0 radical (unpaired) electrons. The van der Waals surface area contributed by atoms with Gasteiger partial charge in [-0.3, -0.25) is 4.79 Å². The summed E-state index contributed by atoms with van der Waals surface area (Å²) >= 11 is 0. The molecule has 126 valence electrons. The largest absolute Gasteiger partial charge is 0.478 e. The lowest BCUT2D eigenvalue weighted by atomic mass is 9.91. The van der Waals surface area contributed by atoms with Crippen LogP contribution in [0, 0.1) is 0 Å². The lowest BCUT2D eigenvalue weighted by Crippen LogP contribution is -2.32. The Balaban J connectivity index is 2.13. The molecule has 0 saturated heterocycles. The van der Waals surface area contributed by atoms with Crippen molar-refractivity contribution in [3.8, 4) is 0 Å². The number of carbonyl (C=O) groups excluding carboxylic acids is 1. The molecule has 1 aromatic heterocycles. The van der Waals surface area contributed by atoms with Crippen molar-refractivity contribution in [1.29, 1.82) is 0 Å². The predicted molar refractivity (Wildman–Crippen MR) is 88.1 cm³/mol. The van der Waals surface area contributed by atoms with Crippen molar-refractivity contribution in [2.45, 2.75) is 30.8 Å². The van der Waals surface area contributed by atoms with E-state index in [1.54, 1.807) is 25.1 Å². The summed E-state index contributed by atoms with van der Waals surface area (Å²) in [6, 6.07) is 7.62. The highest BCUT2D eigenvalue weighted by molar-refractivity contribution is 7.89. The van der Waals surface area contributed by atoms with Crippen LogP contribution in [0.5, 0.6) is 0 Å². The number of hydrogen-bond acceptors (Lipinski definition) is 5. The number of sulfonamides is 1. The van der Waals surface area contributed by atoms with Gasteiger partial charge in [0.05, 0.1) is 23.0 Å². The maximum absolute atomic E-state index is 12.8. The first-order valence-corrected chi connectivity index (χ1v) is 8.95. The van der Waals surface area contributed by atoms with Crippen LogP contribution in [0.15, 0.2) is 52.2 Å². The normalized spacial score (nSPS) is 21.2. The molecular formula is C17H17NO5S. The lowest BCUT2D eigenvalue weighted by Gasteiger charge is -2.21. The smallest absolute Gasteiger partial charge is 0.238 e. The van der Waals surface area contributed by atoms with Gasteiger partial charge in [0.25, 0.3) is 0 Å². The summed E-state index contributed by atoms with van der Waals surface area (Å²) in [5.74, 6) is 0.281. The average molecular weight is 347 g/mol. The Hall–Kier alpha value is -2.38. The molecule has 1 aliphatic rings. The average Bonchev–Trinajstić information content (AvgIpc) is 3.15. The SMILES string of the molecule is CCC1(C)OC(c2ccc(S(N)(=O)=O)cc2)=C(c2ccoc2)C1=O. The zero-order valence-corrected chi connectivity index (χ0v) is 14.1. The molecule has 3 rings (SSSR count). The van der Waals surface area contributed by atoms with Gasteiger partial charge in [-0.1, -0.05) is 6.92 Å². The highest BCUT2D eigenvalue weighted by Crippen LogP contribution is 2.43. The fraction of sp³-hybridized carbons (Fsp3) is 0.235. The molecule has 7 heteroatoms. The summed E-state index contributed by atoms with van der Waals surface area (Å²) in [6.45, 7) is 3.61. The molecule has 0 spiro atoms. The number of hydrogen-bond donors (Lipinski definition) is 1. The van der Waals surface area contributed by atoms with Crippen molar-refractivity contribution in [3.05, 3.63) is 54.0 Å².